The molecular formula is C16H21ClN4O2S. The van der Waals surface area contributed by atoms with Gasteiger partial charge in [-0.3, -0.25) is 4.79 Å². The summed E-state index contributed by atoms with van der Waals surface area (Å²) in [4.78, 5) is 17.7. The Morgan fingerprint density at radius 3 is 3.00 bits per heavy atom. The van der Waals surface area contributed by atoms with Crippen molar-refractivity contribution >= 4 is 30.1 Å². The Morgan fingerprint density at radius 1 is 1.46 bits per heavy atom. The summed E-state index contributed by atoms with van der Waals surface area (Å²) < 4.78 is 5.12. The van der Waals surface area contributed by atoms with Gasteiger partial charge in [0.15, 0.2) is 5.82 Å². The van der Waals surface area contributed by atoms with Gasteiger partial charge in [0.25, 0.3) is 5.91 Å². The lowest BCUT2D eigenvalue weighted by Crippen LogP contribution is -2.45. The highest BCUT2D eigenvalue weighted by atomic mass is 35.5. The van der Waals surface area contributed by atoms with Crippen molar-refractivity contribution in [3.63, 3.8) is 0 Å². The number of hydrogen-bond donors (Lipinski definition) is 2. The third-order valence-corrected chi connectivity index (χ3v) is 4.74. The van der Waals surface area contributed by atoms with Crippen LogP contribution in [0.1, 0.15) is 34.9 Å². The lowest BCUT2D eigenvalue weighted by atomic mass is 10.1. The van der Waals surface area contributed by atoms with Crippen LogP contribution in [0.15, 0.2) is 33.7 Å². The second-order valence-corrected chi connectivity index (χ2v) is 6.55. The standard InChI is InChI=1S/C16H20N4O2S.ClH/c1-11-18-15(22-20-11)10-23-14-7-3-2-6-13(14)16(21)19-12-5-4-8-17-9-12;/h2-3,6-7,12,17H,4-5,8-10H2,1H3,(H,19,21);1H. The number of thioether (sulfide) groups is 1. The van der Waals surface area contributed by atoms with Gasteiger partial charge in [-0.15, -0.1) is 24.2 Å². The van der Waals surface area contributed by atoms with E-state index in [0.29, 0.717) is 23.0 Å². The van der Waals surface area contributed by atoms with Crippen molar-refractivity contribution in [2.45, 2.75) is 36.5 Å². The molecule has 0 saturated carbocycles. The smallest absolute Gasteiger partial charge is 0.252 e. The van der Waals surface area contributed by atoms with Crippen LogP contribution in [-0.4, -0.2) is 35.2 Å². The highest BCUT2D eigenvalue weighted by molar-refractivity contribution is 7.98. The number of hydrogen-bond acceptors (Lipinski definition) is 6. The molecule has 8 heteroatoms. The van der Waals surface area contributed by atoms with Gasteiger partial charge >= 0.3 is 0 Å². The van der Waals surface area contributed by atoms with Crippen molar-refractivity contribution in [1.82, 2.24) is 20.8 Å². The zero-order valence-electron chi connectivity index (χ0n) is 13.4. The number of aryl methyl sites for hydroxylation is 1. The highest BCUT2D eigenvalue weighted by Gasteiger charge is 2.18. The number of nitrogens with one attached hydrogen (secondary N) is 2. The van der Waals surface area contributed by atoms with Gasteiger partial charge in [0.2, 0.25) is 5.89 Å². The lowest BCUT2D eigenvalue weighted by Gasteiger charge is -2.24. The predicted octanol–water partition coefficient (Wildman–Crippen LogP) is 2.57. The van der Waals surface area contributed by atoms with E-state index in [0.717, 1.165) is 30.8 Å². The minimum absolute atomic E-state index is 0. The van der Waals surface area contributed by atoms with Gasteiger partial charge in [-0.05, 0) is 38.4 Å². The number of nitrogens with zero attached hydrogens (tertiary/aromatic N) is 2. The van der Waals surface area contributed by atoms with Crippen LogP contribution in [0, 0.1) is 6.92 Å². The molecule has 3 rings (SSSR count). The number of carbonyl (C=O) groups excluding carboxylic acids is 1. The number of halogens is 1. The van der Waals surface area contributed by atoms with E-state index >= 15 is 0 Å². The zero-order chi connectivity index (χ0) is 16.1. The maximum atomic E-state index is 12.5. The third-order valence-electron chi connectivity index (χ3n) is 3.68. The van der Waals surface area contributed by atoms with E-state index < -0.39 is 0 Å². The van der Waals surface area contributed by atoms with Crippen LogP contribution < -0.4 is 10.6 Å². The molecule has 1 aromatic carbocycles. The fraction of sp³-hybridized carbons (Fsp3) is 0.438. The molecule has 1 saturated heterocycles. The number of piperidine rings is 1. The Balaban J connectivity index is 0.00000208. The molecule has 1 aliphatic heterocycles. The van der Waals surface area contributed by atoms with Crippen LogP contribution in [0.3, 0.4) is 0 Å². The van der Waals surface area contributed by atoms with Crippen LogP contribution in [0.5, 0.6) is 0 Å². The molecule has 24 heavy (non-hydrogen) atoms. The molecule has 1 atom stereocenters. The van der Waals surface area contributed by atoms with E-state index in [9.17, 15) is 4.79 Å². The van der Waals surface area contributed by atoms with E-state index in [-0.39, 0.29) is 24.4 Å². The van der Waals surface area contributed by atoms with Crippen molar-refractivity contribution in [2.75, 3.05) is 13.1 Å². The van der Waals surface area contributed by atoms with Gasteiger partial charge in [0.1, 0.15) is 0 Å². The van der Waals surface area contributed by atoms with Crippen molar-refractivity contribution in [2.24, 2.45) is 0 Å². The summed E-state index contributed by atoms with van der Waals surface area (Å²) in [6, 6.07) is 7.82. The summed E-state index contributed by atoms with van der Waals surface area (Å²) in [5.74, 6) is 1.72. The Labute approximate surface area is 151 Å². The molecule has 0 bridgehead atoms. The number of aromatic nitrogens is 2. The number of rotatable bonds is 5. The average molecular weight is 369 g/mol. The van der Waals surface area contributed by atoms with Crippen molar-refractivity contribution < 1.29 is 9.32 Å². The Hall–Kier alpha value is -1.57. The van der Waals surface area contributed by atoms with Gasteiger partial charge in [-0.1, -0.05) is 17.3 Å². The Morgan fingerprint density at radius 2 is 2.29 bits per heavy atom. The van der Waals surface area contributed by atoms with E-state index in [1.54, 1.807) is 6.92 Å². The maximum absolute atomic E-state index is 12.5. The first-order valence-electron chi connectivity index (χ1n) is 7.75. The number of carbonyl (C=O) groups is 1. The third kappa shape index (κ3) is 4.96. The summed E-state index contributed by atoms with van der Waals surface area (Å²) in [6.45, 7) is 3.65. The Kier molecular flexibility index (Phi) is 7.08. The fourth-order valence-corrected chi connectivity index (χ4v) is 3.44. The van der Waals surface area contributed by atoms with Crippen molar-refractivity contribution in [1.29, 1.82) is 0 Å². The van der Waals surface area contributed by atoms with Crippen molar-refractivity contribution in [3.8, 4) is 0 Å². The van der Waals surface area contributed by atoms with Crippen LogP contribution in [-0.2, 0) is 5.75 Å². The quantitative estimate of drug-likeness (QED) is 0.789. The van der Waals surface area contributed by atoms with E-state index in [2.05, 4.69) is 20.8 Å². The second-order valence-electron chi connectivity index (χ2n) is 5.54. The summed E-state index contributed by atoms with van der Waals surface area (Å²) in [5.41, 5.74) is 0.694. The number of benzene rings is 1. The summed E-state index contributed by atoms with van der Waals surface area (Å²) >= 11 is 1.53. The molecule has 130 valence electrons. The number of amides is 1. The molecule has 6 nitrogen and oxygen atoms in total. The first-order valence-corrected chi connectivity index (χ1v) is 8.73. The minimum Gasteiger partial charge on any atom is -0.348 e. The van der Waals surface area contributed by atoms with Gasteiger partial charge in [-0.25, -0.2) is 0 Å². The molecule has 1 amide bonds. The molecular weight excluding hydrogens is 348 g/mol. The highest BCUT2D eigenvalue weighted by Crippen LogP contribution is 2.26. The Bertz CT molecular complexity index is 674. The normalized spacial score (nSPS) is 17.1. The van der Waals surface area contributed by atoms with Crippen LogP contribution >= 0.6 is 24.2 Å². The molecule has 2 aromatic rings. The van der Waals surface area contributed by atoms with E-state index in [4.69, 9.17) is 4.52 Å². The molecule has 0 spiro atoms. The SMILES string of the molecule is Cc1noc(CSc2ccccc2C(=O)NC2CCCNC2)n1.Cl. The molecule has 1 aliphatic rings. The molecule has 0 radical (unpaired) electrons. The van der Waals surface area contributed by atoms with Crippen LogP contribution in [0.2, 0.25) is 0 Å². The molecule has 0 aliphatic carbocycles. The first-order chi connectivity index (χ1) is 11.2. The maximum Gasteiger partial charge on any atom is 0.252 e. The van der Waals surface area contributed by atoms with Crippen LogP contribution in [0.25, 0.3) is 0 Å². The van der Waals surface area contributed by atoms with Gasteiger partial charge in [-0.2, -0.15) is 4.98 Å². The van der Waals surface area contributed by atoms with Crippen molar-refractivity contribution in [3.05, 3.63) is 41.5 Å². The topological polar surface area (TPSA) is 80.0 Å². The van der Waals surface area contributed by atoms with Gasteiger partial charge in [0.05, 0.1) is 11.3 Å². The van der Waals surface area contributed by atoms with E-state index in [1.807, 2.05) is 24.3 Å². The molecule has 2 N–H and O–H groups in total. The average Bonchev–Trinajstić information content (AvgIpc) is 2.99. The van der Waals surface area contributed by atoms with Crippen LogP contribution in [0.4, 0.5) is 0 Å². The summed E-state index contributed by atoms with van der Waals surface area (Å²) in [7, 11) is 0. The van der Waals surface area contributed by atoms with E-state index in [1.165, 1.54) is 11.8 Å². The summed E-state index contributed by atoms with van der Waals surface area (Å²) in [6.07, 6.45) is 2.12. The van der Waals surface area contributed by atoms with Gasteiger partial charge < -0.3 is 15.2 Å². The molecule has 1 aromatic heterocycles. The second kappa shape index (κ2) is 9.05. The fourth-order valence-electron chi connectivity index (χ4n) is 2.56. The largest absolute Gasteiger partial charge is 0.348 e. The molecule has 2 heterocycles. The summed E-state index contributed by atoms with van der Waals surface area (Å²) in [5, 5.41) is 10.2. The first kappa shape index (κ1) is 18.8. The predicted molar refractivity (Wildman–Crippen MR) is 95.6 cm³/mol. The lowest BCUT2D eigenvalue weighted by molar-refractivity contribution is 0.0927. The zero-order valence-corrected chi connectivity index (χ0v) is 15.1. The minimum atomic E-state index is -0.0245. The van der Waals surface area contributed by atoms with Gasteiger partial charge in [0, 0.05) is 17.5 Å². The molecule has 1 unspecified atom stereocenters. The molecule has 1 fully saturated rings. The monoisotopic (exact) mass is 368 g/mol.